The van der Waals surface area contributed by atoms with E-state index in [0.29, 0.717) is 0 Å². The molecule has 2 aliphatic rings. The standard InChI is InChI=1S/2C35H41.2CH3.2ClH.Si.Zr/c2*1-34(2,3)28-15-11-26(12-16-28)30-19-20-31(27-13-17-29(18-14-27)35(4,5)6)33-23-25(22-32(30)33)21-24-9-7-8-10-24;;;;;;/h2*11-20,22-24H,7-10,21H2,1-6H3;2*1H3;2*1H;;/q4*-1;;;;. The van der Waals surface area contributed by atoms with Crippen LogP contribution in [-0.4, -0.2) is 6.88 Å². The van der Waals surface area contributed by atoms with Crippen molar-refractivity contribution in [3.63, 3.8) is 0 Å². The van der Waals surface area contributed by atoms with Gasteiger partial charge >= 0.3 is 30.2 Å². The minimum absolute atomic E-state index is 0. The fraction of sp³-hybridized carbons (Fsp3) is 0.389. The fourth-order valence-electron chi connectivity index (χ4n) is 11.7. The molecule has 2 saturated carbocycles. The first-order valence-corrected chi connectivity index (χ1v) is 31.5. The van der Waals surface area contributed by atoms with E-state index in [-0.39, 0.29) is 61.3 Å². The molecule has 8 aromatic carbocycles. The van der Waals surface area contributed by atoms with E-state index in [1.165, 1.54) is 187 Å². The van der Waals surface area contributed by atoms with Crippen LogP contribution in [0.5, 0.6) is 0 Å². The van der Waals surface area contributed by atoms with E-state index in [4.69, 9.17) is 0 Å². The molecule has 2 aliphatic carbocycles. The van der Waals surface area contributed by atoms with Crippen LogP contribution in [0.2, 0.25) is 0 Å². The summed E-state index contributed by atoms with van der Waals surface area (Å²) < 4.78 is 0. The minimum atomic E-state index is 0. The Labute approximate surface area is 491 Å². The first kappa shape index (κ1) is 64.7. The Morgan fingerprint density at radius 3 is 0.829 bits per heavy atom. The molecule has 0 atom stereocenters. The first-order valence-electron chi connectivity index (χ1n) is 27.3. The fourth-order valence-corrected chi connectivity index (χ4v) is 11.7. The molecule has 0 amide bonds. The van der Waals surface area contributed by atoms with Crippen LogP contribution in [-0.2, 0) is 57.8 Å². The Morgan fingerprint density at radius 2 is 0.592 bits per heavy atom. The second-order valence-electron chi connectivity index (χ2n) is 25.7. The molecule has 0 aliphatic heterocycles. The molecule has 404 valence electrons. The predicted molar refractivity (Wildman–Crippen MR) is 340 cm³/mol. The molecule has 0 bridgehead atoms. The van der Waals surface area contributed by atoms with Gasteiger partial charge in [0.25, 0.3) is 0 Å². The van der Waals surface area contributed by atoms with Gasteiger partial charge in [0, 0.05) is 0 Å². The molecule has 0 aromatic heterocycles. The van der Waals surface area contributed by atoms with Crippen molar-refractivity contribution in [2.75, 3.05) is 0 Å². The predicted octanol–water partition coefficient (Wildman–Crippen LogP) is 21.8. The van der Waals surface area contributed by atoms with Crippen LogP contribution < -0.4 is 0 Å². The summed E-state index contributed by atoms with van der Waals surface area (Å²) in [6.07, 6.45) is 13.6. The summed E-state index contributed by atoms with van der Waals surface area (Å²) in [6, 6.07) is 56.4. The molecule has 4 heteroatoms. The molecule has 0 spiro atoms. The third kappa shape index (κ3) is 15.3. The zero-order chi connectivity index (χ0) is 51.6. The van der Waals surface area contributed by atoms with Gasteiger partial charge in [-0.05, 0) is 79.7 Å². The molecule has 0 unspecified atom stereocenters. The van der Waals surface area contributed by atoms with Crippen LogP contribution in [0.3, 0.4) is 0 Å². The zero-order valence-corrected chi connectivity index (χ0v) is 54.0. The van der Waals surface area contributed by atoms with Crippen LogP contribution in [0.4, 0.5) is 0 Å². The molecule has 0 nitrogen and oxygen atoms in total. The Morgan fingerprint density at radius 1 is 0.368 bits per heavy atom. The molecular formula is C72H90Cl2SiZr-4. The second kappa shape index (κ2) is 26.9. The molecule has 76 heavy (non-hydrogen) atoms. The maximum atomic E-state index is 3.06. The molecule has 10 rings (SSSR count). The van der Waals surface area contributed by atoms with Gasteiger partial charge < -0.3 is 14.9 Å². The van der Waals surface area contributed by atoms with Crippen molar-refractivity contribution < 1.29 is 23.3 Å². The van der Waals surface area contributed by atoms with Crippen LogP contribution in [0.25, 0.3) is 66.1 Å². The summed E-state index contributed by atoms with van der Waals surface area (Å²) in [5.41, 5.74) is 19.9. The van der Waals surface area contributed by atoms with Crippen LogP contribution >= 0.6 is 24.8 Å². The monoisotopic (exact) mass is 1140 g/mol. The van der Waals surface area contributed by atoms with E-state index in [1.54, 1.807) is 0 Å². The van der Waals surface area contributed by atoms with E-state index in [1.807, 2.05) is 0 Å². The van der Waals surface area contributed by atoms with Crippen molar-refractivity contribution >= 4 is 53.2 Å². The van der Waals surface area contributed by atoms with Crippen molar-refractivity contribution in [2.45, 2.75) is 169 Å². The van der Waals surface area contributed by atoms with Gasteiger partial charge in [0.15, 0.2) is 0 Å². The molecule has 0 saturated heterocycles. The van der Waals surface area contributed by atoms with Crippen molar-refractivity contribution in [1.29, 1.82) is 0 Å². The quantitative estimate of drug-likeness (QED) is 0.105. The van der Waals surface area contributed by atoms with Crippen molar-refractivity contribution in [1.82, 2.24) is 0 Å². The summed E-state index contributed by atoms with van der Waals surface area (Å²) in [5.74, 6) is 1.71. The van der Waals surface area contributed by atoms with Crippen LogP contribution in [0, 0.1) is 26.7 Å². The summed E-state index contributed by atoms with van der Waals surface area (Å²) in [4.78, 5) is 0. The van der Waals surface area contributed by atoms with E-state index in [2.05, 4.69) is 236 Å². The van der Waals surface area contributed by atoms with Gasteiger partial charge in [0.05, 0.1) is 0 Å². The number of halogens is 2. The summed E-state index contributed by atoms with van der Waals surface area (Å²) in [7, 11) is 0. The van der Waals surface area contributed by atoms with Gasteiger partial charge in [0.2, 0.25) is 0 Å². The Bertz CT molecular complexity index is 2650. The summed E-state index contributed by atoms with van der Waals surface area (Å²) in [6.45, 7) is 30.5. The molecule has 8 aromatic rings. The molecule has 0 N–H and O–H groups in total. The van der Waals surface area contributed by atoms with E-state index >= 15 is 0 Å². The Hall–Kier alpha value is -3.78. The number of benzene rings is 6. The molecule has 0 heterocycles. The molecule has 2 fully saturated rings. The van der Waals surface area contributed by atoms with Gasteiger partial charge in [-0.15, -0.1) is 69.6 Å². The van der Waals surface area contributed by atoms with Crippen molar-refractivity contribution in [3.8, 4) is 44.5 Å². The zero-order valence-electron chi connectivity index (χ0n) is 48.9. The SMILES string of the molecule is CC(C)(C)c1ccc(-c2ccc(-c3ccc(C(C)(C)C)cc3)c3[cH-]c(CC4CCCC4)cc23)cc1.CC(C)(C)c1ccc(-c2ccc(-c3ccc(C(C)(C)C)cc3)c3[cH-]c(CC4CCCC4)cc23)cc1.Cl.Cl.[CH3-].[CH3-].[Si]=[Zr]. The normalized spacial score (nSPS) is 14.1. The Balaban J connectivity index is 0.000000303. The van der Waals surface area contributed by atoms with Gasteiger partial charge in [0.1, 0.15) is 0 Å². The van der Waals surface area contributed by atoms with Crippen molar-refractivity contribution in [3.05, 3.63) is 194 Å². The second-order valence-corrected chi connectivity index (χ2v) is 25.7. The number of fused-ring (bicyclic) bond motifs is 2. The maximum absolute atomic E-state index is 3.06. The van der Waals surface area contributed by atoms with Gasteiger partial charge in [-0.25, -0.2) is 0 Å². The van der Waals surface area contributed by atoms with Crippen LogP contribution in [0.1, 0.15) is 168 Å². The van der Waals surface area contributed by atoms with E-state index in [9.17, 15) is 0 Å². The topological polar surface area (TPSA) is 0 Å². The van der Waals surface area contributed by atoms with Gasteiger partial charge in [-0.3, -0.25) is 0 Å². The number of hydrogen-bond acceptors (Lipinski definition) is 0. The molecular weight excluding hydrogens is 1060 g/mol. The van der Waals surface area contributed by atoms with Crippen molar-refractivity contribution in [2.24, 2.45) is 11.8 Å². The number of hydrogen-bond donors (Lipinski definition) is 0. The summed E-state index contributed by atoms with van der Waals surface area (Å²) >= 11 is 1.36. The van der Waals surface area contributed by atoms with Crippen LogP contribution in [0.15, 0.2) is 146 Å². The van der Waals surface area contributed by atoms with Gasteiger partial charge in [-0.1, -0.05) is 289 Å². The van der Waals surface area contributed by atoms with E-state index in [0.717, 1.165) is 11.8 Å². The first-order chi connectivity index (χ1) is 34.2. The Kier molecular flexibility index (Phi) is 22.9. The third-order valence-corrected chi connectivity index (χ3v) is 16.1. The molecule has 2 radical (unpaired) electrons. The average Bonchev–Trinajstić information content (AvgIpc) is 4.20. The van der Waals surface area contributed by atoms with E-state index < -0.39 is 0 Å². The summed E-state index contributed by atoms with van der Waals surface area (Å²) in [5, 5.41) is 5.61. The average molecular weight is 1150 g/mol. The van der Waals surface area contributed by atoms with Gasteiger partial charge in [-0.2, -0.15) is 12.1 Å². The third-order valence-electron chi connectivity index (χ3n) is 16.1. The number of rotatable bonds is 8.